The average molecular weight is 623 g/mol. The molecular weight excluding hydrogens is 544 g/mol. The van der Waals surface area contributed by atoms with Gasteiger partial charge in [-0.3, -0.25) is 9.59 Å². The average Bonchev–Trinajstić information content (AvgIpc) is 3.00. The highest BCUT2D eigenvalue weighted by molar-refractivity contribution is 5.69. The van der Waals surface area contributed by atoms with Crippen molar-refractivity contribution in [3.05, 3.63) is 0 Å². The molecule has 0 radical (unpaired) electrons. The van der Waals surface area contributed by atoms with Crippen molar-refractivity contribution in [2.24, 2.45) is 0 Å². The van der Waals surface area contributed by atoms with E-state index in [2.05, 4.69) is 13.8 Å². The number of hydrogen-bond donors (Lipinski definition) is 1. The molecule has 0 aromatic carbocycles. The van der Waals surface area contributed by atoms with Gasteiger partial charge in [-0.1, -0.05) is 187 Å². The predicted octanol–water partition coefficient (Wildman–Crippen LogP) is 13.7. The minimum absolute atomic E-state index is 0.00696. The van der Waals surface area contributed by atoms with Gasteiger partial charge in [0.15, 0.2) is 0 Å². The summed E-state index contributed by atoms with van der Waals surface area (Å²) in [5, 5.41) is 8.81. The third-order valence-electron chi connectivity index (χ3n) is 9.33. The molecule has 0 spiro atoms. The fraction of sp³-hybridized carbons (Fsp3) is 0.950. The van der Waals surface area contributed by atoms with E-state index in [-0.39, 0.29) is 18.5 Å². The minimum Gasteiger partial charge on any atom is -0.481 e. The van der Waals surface area contributed by atoms with E-state index < -0.39 is 5.97 Å². The number of esters is 1. The third kappa shape index (κ3) is 35.4. The van der Waals surface area contributed by atoms with Crippen molar-refractivity contribution >= 4 is 11.9 Å². The molecule has 0 aromatic rings. The van der Waals surface area contributed by atoms with Crippen molar-refractivity contribution in [3.63, 3.8) is 0 Å². The van der Waals surface area contributed by atoms with Gasteiger partial charge in [-0.25, -0.2) is 0 Å². The van der Waals surface area contributed by atoms with E-state index in [0.29, 0.717) is 6.42 Å². The zero-order valence-corrected chi connectivity index (χ0v) is 30.0. The number of carbonyl (C=O) groups is 2. The number of hydrogen-bond acceptors (Lipinski definition) is 3. The maximum atomic E-state index is 12.6. The molecule has 1 atom stereocenters. The molecule has 0 aliphatic rings. The van der Waals surface area contributed by atoms with Gasteiger partial charge in [0, 0.05) is 12.8 Å². The topological polar surface area (TPSA) is 63.6 Å². The Balaban J connectivity index is 3.97. The molecular formula is C40H78O4. The summed E-state index contributed by atoms with van der Waals surface area (Å²) in [6.07, 6.45) is 42.7. The highest BCUT2D eigenvalue weighted by atomic mass is 16.5. The highest BCUT2D eigenvalue weighted by Crippen LogP contribution is 2.19. The maximum Gasteiger partial charge on any atom is 0.306 e. The molecule has 0 heterocycles. The van der Waals surface area contributed by atoms with Crippen molar-refractivity contribution in [2.45, 2.75) is 245 Å². The van der Waals surface area contributed by atoms with Crippen LogP contribution in [0.3, 0.4) is 0 Å². The van der Waals surface area contributed by atoms with Crippen LogP contribution in [-0.2, 0) is 14.3 Å². The molecule has 44 heavy (non-hydrogen) atoms. The number of unbranched alkanes of at least 4 members (excludes halogenated alkanes) is 28. The van der Waals surface area contributed by atoms with Gasteiger partial charge in [0.1, 0.15) is 6.10 Å². The standard InChI is InChI=1S/C40H78O4/c1-3-5-7-9-11-13-15-16-17-18-19-20-21-23-26-30-34-38(35-31-27-25-28-32-36-39(41)42)44-40(43)37-33-29-24-22-14-12-10-8-6-4-2/h38H,3-37H2,1-2H3,(H,41,42). The number of carboxylic acids is 1. The van der Waals surface area contributed by atoms with Crippen LogP contribution in [0.15, 0.2) is 0 Å². The molecule has 4 heteroatoms. The number of rotatable bonds is 37. The third-order valence-corrected chi connectivity index (χ3v) is 9.33. The summed E-state index contributed by atoms with van der Waals surface area (Å²) in [7, 11) is 0. The fourth-order valence-electron chi connectivity index (χ4n) is 6.36. The maximum absolute atomic E-state index is 12.6. The van der Waals surface area contributed by atoms with Gasteiger partial charge < -0.3 is 9.84 Å². The molecule has 0 aromatic heterocycles. The minimum atomic E-state index is -0.696. The van der Waals surface area contributed by atoms with Gasteiger partial charge in [0.2, 0.25) is 0 Å². The molecule has 0 aliphatic carbocycles. The van der Waals surface area contributed by atoms with Gasteiger partial charge in [-0.05, 0) is 38.5 Å². The van der Waals surface area contributed by atoms with Crippen LogP contribution in [0, 0.1) is 0 Å². The van der Waals surface area contributed by atoms with Crippen LogP contribution in [-0.4, -0.2) is 23.1 Å². The van der Waals surface area contributed by atoms with E-state index >= 15 is 0 Å². The zero-order chi connectivity index (χ0) is 32.2. The van der Waals surface area contributed by atoms with Gasteiger partial charge in [0.25, 0.3) is 0 Å². The summed E-state index contributed by atoms with van der Waals surface area (Å²) >= 11 is 0. The van der Waals surface area contributed by atoms with Crippen LogP contribution >= 0.6 is 0 Å². The Hall–Kier alpha value is -1.06. The first-order valence-electron chi connectivity index (χ1n) is 20.0. The lowest BCUT2D eigenvalue weighted by atomic mass is 10.0. The Bertz CT molecular complexity index is 590. The normalized spacial score (nSPS) is 12.0. The molecule has 1 unspecified atom stereocenters. The molecule has 0 saturated carbocycles. The Morgan fingerprint density at radius 2 is 0.682 bits per heavy atom. The van der Waals surface area contributed by atoms with E-state index in [1.807, 2.05) is 0 Å². The molecule has 0 saturated heterocycles. The zero-order valence-electron chi connectivity index (χ0n) is 30.0. The molecule has 4 nitrogen and oxygen atoms in total. The second kappa shape index (κ2) is 36.4. The quantitative estimate of drug-likeness (QED) is 0.0553. The van der Waals surface area contributed by atoms with Crippen molar-refractivity contribution in [3.8, 4) is 0 Å². The second-order valence-corrected chi connectivity index (χ2v) is 13.8. The lowest BCUT2D eigenvalue weighted by molar-refractivity contribution is -0.150. The van der Waals surface area contributed by atoms with Crippen LogP contribution in [0.4, 0.5) is 0 Å². The molecule has 0 rings (SSSR count). The van der Waals surface area contributed by atoms with Crippen LogP contribution < -0.4 is 0 Å². The fourth-order valence-corrected chi connectivity index (χ4v) is 6.36. The van der Waals surface area contributed by atoms with Crippen LogP contribution in [0.25, 0.3) is 0 Å². The van der Waals surface area contributed by atoms with Gasteiger partial charge >= 0.3 is 11.9 Å². The monoisotopic (exact) mass is 623 g/mol. The number of aliphatic carboxylic acids is 1. The van der Waals surface area contributed by atoms with E-state index in [4.69, 9.17) is 9.84 Å². The molecule has 0 aliphatic heterocycles. The molecule has 1 N–H and O–H groups in total. The van der Waals surface area contributed by atoms with E-state index in [1.54, 1.807) is 0 Å². The van der Waals surface area contributed by atoms with Crippen molar-refractivity contribution < 1.29 is 19.4 Å². The summed E-state index contributed by atoms with van der Waals surface area (Å²) in [6.45, 7) is 4.55. The number of ether oxygens (including phenoxy) is 1. The summed E-state index contributed by atoms with van der Waals surface area (Å²) in [6, 6.07) is 0. The van der Waals surface area contributed by atoms with Gasteiger partial charge in [0.05, 0.1) is 0 Å². The lowest BCUT2D eigenvalue weighted by Gasteiger charge is -2.18. The molecule has 262 valence electrons. The van der Waals surface area contributed by atoms with E-state index in [0.717, 1.165) is 64.2 Å². The van der Waals surface area contributed by atoms with E-state index in [1.165, 1.54) is 148 Å². The second-order valence-electron chi connectivity index (χ2n) is 13.8. The van der Waals surface area contributed by atoms with Crippen molar-refractivity contribution in [1.82, 2.24) is 0 Å². The Morgan fingerprint density at radius 1 is 0.409 bits per heavy atom. The van der Waals surface area contributed by atoms with Gasteiger partial charge in [-0.2, -0.15) is 0 Å². The van der Waals surface area contributed by atoms with Crippen molar-refractivity contribution in [2.75, 3.05) is 0 Å². The van der Waals surface area contributed by atoms with Crippen LogP contribution in [0.2, 0.25) is 0 Å². The predicted molar refractivity (Wildman–Crippen MR) is 190 cm³/mol. The summed E-state index contributed by atoms with van der Waals surface area (Å²) in [5.41, 5.74) is 0. The Morgan fingerprint density at radius 3 is 1.00 bits per heavy atom. The SMILES string of the molecule is CCCCCCCCCCCCCCCCCCC(CCCCCCCC(=O)O)OC(=O)CCCCCCCCCCCC. The Labute approximate surface area is 275 Å². The van der Waals surface area contributed by atoms with Crippen molar-refractivity contribution in [1.29, 1.82) is 0 Å². The first kappa shape index (κ1) is 42.9. The van der Waals surface area contributed by atoms with Crippen LogP contribution in [0.1, 0.15) is 239 Å². The summed E-state index contributed by atoms with van der Waals surface area (Å²) in [4.78, 5) is 23.3. The first-order valence-corrected chi connectivity index (χ1v) is 20.0. The first-order chi connectivity index (χ1) is 21.6. The number of carboxylic acid groups (broad SMARTS) is 1. The Kier molecular flexibility index (Phi) is 35.5. The molecule has 0 amide bonds. The largest absolute Gasteiger partial charge is 0.481 e. The van der Waals surface area contributed by atoms with Gasteiger partial charge in [-0.15, -0.1) is 0 Å². The van der Waals surface area contributed by atoms with E-state index in [9.17, 15) is 9.59 Å². The number of carbonyl (C=O) groups excluding carboxylic acids is 1. The molecule has 0 fully saturated rings. The summed E-state index contributed by atoms with van der Waals surface area (Å²) in [5.74, 6) is -0.689. The summed E-state index contributed by atoms with van der Waals surface area (Å²) < 4.78 is 6.00. The highest BCUT2D eigenvalue weighted by Gasteiger charge is 2.14. The molecule has 0 bridgehead atoms. The smallest absolute Gasteiger partial charge is 0.306 e. The van der Waals surface area contributed by atoms with Crippen LogP contribution in [0.5, 0.6) is 0 Å². The lowest BCUT2D eigenvalue weighted by Crippen LogP contribution is -2.18.